The van der Waals surface area contributed by atoms with E-state index in [2.05, 4.69) is 48.5 Å². The Hall–Kier alpha value is -0.300. The summed E-state index contributed by atoms with van der Waals surface area (Å²) >= 11 is 0. The van der Waals surface area contributed by atoms with Crippen LogP contribution < -0.4 is 0 Å². The van der Waals surface area contributed by atoms with Gasteiger partial charge in [-0.05, 0) is 90.8 Å². The molecular weight excluding hydrogens is 364 g/mol. The zero-order valence-electron chi connectivity index (χ0n) is 21.2. The Bertz CT molecular complexity index is 688. The van der Waals surface area contributed by atoms with E-state index in [9.17, 15) is 5.11 Å². The van der Waals surface area contributed by atoms with Crippen LogP contribution in [-0.2, 0) is 0 Å². The fourth-order valence-electron chi connectivity index (χ4n) is 9.55. The maximum atomic E-state index is 10.8. The van der Waals surface area contributed by atoms with Crippen LogP contribution in [0.1, 0.15) is 126 Å². The van der Waals surface area contributed by atoms with Gasteiger partial charge in [-0.15, -0.1) is 0 Å². The average molecular weight is 415 g/mol. The molecule has 4 rings (SSSR count). The van der Waals surface area contributed by atoms with Crippen LogP contribution in [0.4, 0.5) is 0 Å². The number of fused-ring (bicyclic) bond motifs is 4. The third-order valence-corrected chi connectivity index (χ3v) is 11.7. The Kier molecular flexibility index (Phi) is 5.82. The molecule has 0 spiro atoms. The lowest BCUT2D eigenvalue weighted by atomic mass is 9.43. The highest BCUT2D eigenvalue weighted by Gasteiger charge is 2.63. The molecule has 0 aromatic carbocycles. The van der Waals surface area contributed by atoms with Crippen molar-refractivity contribution in [3.63, 3.8) is 0 Å². The monoisotopic (exact) mass is 414 g/mol. The first kappa shape index (κ1) is 22.9. The number of aliphatic hydroxyl groups is 1. The first-order valence-corrected chi connectivity index (χ1v) is 13.4. The van der Waals surface area contributed by atoms with Gasteiger partial charge in [0.15, 0.2) is 0 Å². The van der Waals surface area contributed by atoms with Gasteiger partial charge in [0.05, 0.1) is 6.10 Å². The second-order valence-electron chi connectivity index (χ2n) is 13.2. The number of allylic oxidation sites excluding steroid dienone is 2. The SMILES string of the molecule is CCCCC[C@@H](C)C1CC[C@@]2(C)C3=C(CC[C@]12C)[C@@]1(C)CC[C@H](O)C(C)(C)C1CC3. The van der Waals surface area contributed by atoms with Gasteiger partial charge in [-0.1, -0.05) is 85.3 Å². The lowest BCUT2D eigenvalue weighted by molar-refractivity contribution is -0.0962. The van der Waals surface area contributed by atoms with Crippen molar-refractivity contribution in [2.45, 2.75) is 132 Å². The van der Waals surface area contributed by atoms with Crippen LogP contribution in [0.2, 0.25) is 0 Å². The van der Waals surface area contributed by atoms with Gasteiger partial charge in [0, 0.05) is 0 Å². The van der Waals surface area contributed by atoms with E-state index in [0.29, 0.717) is 22.2 Å². The molecule has 7 atom stereocenters. The highest BCUT2D eigenvalue weighted by atomic mass is 16.3. The minimum Gasteiger partial charge on any atom is -0.393 e. The first-order valence-electron chi connectivity index (χ1n) is 13.4. The summed E-state index contributed by atoms with van der Waals surface area (Å²) in [6.45, 7) is 17.6. The maximum Gasteiger partial charge on any atom is 0.0594 e. The summed E-state index contributed by atoms with van der Waals surface area (Å²) in [5.74, 6) is 2.43. The molecule has 0 aromatic heterocycles. The van der Waals surface area contributed by atoms with Crippen LogP contribution >= 0.6 is 0 Å². The highest BCUT2D eigenvalue weighted by Crippen LogP contribution is 2.72. The molecule has 2 saturated carbocycles. The molecule has 172 valence electrons. The van der Waals surface area contributed by atoms with E-state index in [4.69, 9.17) is 0 Å². The molecular formula is C29H50O. The summed E-state index contributed by atoms with van der Waals surface area (Å²) < 4.78 is 0. The van der Waals surface area contributed by atoms with Crippen molar-refractivity contribution in [1.29, 1.82) is 0 Å². The summed E-state index contributed by atoms with van der Waals surface area (Å²) in [4.78, 5) is 0. The summed E-state index contributed by atoms with van der Waals surface area (Å²) in [5.41, 5.74) is 5.04. The number of hydrogen-bond acceptors (Lipinski definition) is 1. The quantitative estimate of drug-likeness (QED) is 0.354. The Morgan fingerprint density at radius 3 is 2.33 bits per heavy atom. The second kappa shape index (κ2) is 7.64. The van der Waals surface area contributed by atoms with Crippen molar-refractivity contribution in [1.82, 2.24) is 0 Å². The zero-order valence-corrected chi connectivity index (χ0v) is 21.2. The number of aliphatic hydroxyl groups excluding tert-OH is 1. The lowest BCUT2D eigenvalue weighted by Crippen LogP contribution is -2.55. The van der Waals surface area contributed by atoms with Gasteiger partial charge >= 0.3 is 0 Å². The molecule has 0 heterocycles. The molecule has 30 heavy (non-hydrogen) atoms. The first-order chi connectivity index (χ1) is 14.0. The Morgan fingerprint density at radius 1 is 0.900 bits per heavy atom. The minimum atomic E-state index is -0.123. The smallest absolute Gasteiger partial charge is 0.0594 e. The minimum absolute atomic E-state index is 0.0548. The van der Waals surface area contributed by atoms with E-state index in [-0.39, 0.29) is 11.5 Å². The van der Waals surface area contributed by atoms with E-state index in [0.717, 1.165) is 18.3 Å². The van der Waals surface area contributed by atoms with Gasteiger partial charge in [-0.2, -0.15) is 0 Å². The van der Waals surface area contributed by atoms with Crippen LogP contribution in [-0.4, -0.2) is 11.2 Å². The summed E-state index contributed by atoms with van der Waals surface area (Å²) in [7, 11) is 0. The van der Waals surface area contributed by atoms with Gasteiger partial charge in [0.1, 0.15) is 0 Å². The molecule has 0 aliphatic heterocycles. The fourth-order valence-corrected chi connectivity index (χ4v) is 9.55. The van der Waals surface area contributed by atoms with Crippen molar-refractivity contribution in [2.75, 3.05) is 0 Å². The number of unbranched alkanes of at least 4 members (excludes halogenated alkanes) is 2. The summed E-state index contributed by atoms with van der Waals surface area (Å²) in [6.07, 6.45) is 15.8. The van der Waals surface area contributed by atoms with E-state index < -0.39 is 0 Å². The molecule has 1 N–H and O–H groups in total. The highest BCUT2D eigenvalue weighted by molar-refractivity contribution is 5.38. The predicted octanol–water partition coefficient (Wildman–Crippen LogP) is 8.31. The van der Waals surface area contributed by atoms with E-state index in [1.54, 1.807) is 0 Å². The van der Waals surface area contributed by atoms with Gasteiger partial charge in [-0.3, -0.25) is 0 Å². The van der Waals surface area contributed by atoms with Gasteiger partial charge in [-0.25, -0.2) is 0 Å². The van der Waals surface area contributed by atoms with Crippen LogP contribution in [0.3, 0.4) is 0 Å². The second-order valence-corrected chi connectivity index (χ2v) is 13.2. The molecule has 2 unspecified atom stereocenters. The Labute approximate surface area is 187 Å². The molecule has 0 bridgehead atoms. The third-order valence-electron chi connectivity index (χ3n) is 11.7. The van der Waals surface area contributed by atoms with Gasteiger partial charge < -0.3 is 5.11 Å². The Balaban J connectivity index is 1.66. The van der Waals surface area contributed by atoms with Crippen molar-refractivity contribution in [3.05, 3.63) is 11.1 Å². The van der Waals surface area contributed by atoms with Crippen molar-refractivity contribution >= 4 is 0 Å². The molecule has 1 heteroatoms. The molecule has 0 aromatic rings. The fraction of sp³-hybridized carbons (Fsp3) is 0.931. The third kappa shape index (κ3) is 3.03. The topological polar surface area (TPSA) is 20.2 Å². The van der Waals surface area contributed by atoms with E-state index in [1.165, 1.54) is 70.6 Å². The molecule has 2 fully saturated rings. The average Bonchev–Trinajstić information content (AvgIpc) is 2.97. The maximum absolute atomic E-state index is 10.8. The standard InChI is InChI=1S/C29H50O/c1-8-9-10-11-20(2)21-14-18-29(7)23-12-13-24-26(3,4)25(30)16-17-27(24,5)22(23)15-19-28(21,29)6/h20-21,24-25,30H,8-19H2,1-7H3/t20-,21?,24?,25+,27-,28-,29+/m1/s1. The molecule has 4 aliphatic carbocycles. The lowest BCUT2D eigenvalue weighted by Gasteiger charge is -2.62. The number of rotatable bonds is 5. The van der Waals surface area contributed by atoms with Crippen LogP contribution in [0, 0.1) is 39.4 Å². The zero-order chi connectivity index (χ0) is 21.9. The van der Waals surface area contributed by atoms with Crippen LogP contribution in [0.25, 0.3) is 0 Å². The molecule has 0 amide bonds. The van der Waals surface area contributed by atoms with Gasteiger partial charge in [0.25, 0.3) is 0 Å². The molecule has 0 saturated heterocycles. The summed E-state index contributed by atoms with van der Waals surface area (Å²) in [5, 5.41) is 10.8. The molecule has 0 radical (unpaired) electrons. The van der Waals surface area contributed by atoms with E-state index >= 15 is 0 Å². The normalized spacial score (nSPS) is 46.2. The van der Waals surface area contributed by atoms with Crippen molar-refractivity contribution < 1.29 is 5.11 Å². The summed E-state index contributed by atoms with van der Waals surface area (Å²) in [6, 6.07) is 0. The number of hydrogen-bond donors (Lipinski definition) is 1. The predicted molar refractivity (Wildman–Crippen MR) is 128 cm³/mol. The molecule has 1 nitrogen and oxygen atoms in total. The van der Waals surface area contributed by atoms with Crippen molar-refractivity contribution in [2.24, 2.45) is 39.4 Å². The Morgan fingerprint density at radius 2 is 1.63 bits per heavy atom. The van der Waals surface area contributed by atoms with Gasteiger partial charge in [0.2, 0.25) is 0 Å². The van der Waals surface area contributed by atoms with Crippen LogP contribution in [0.15, 0.2) is 11.1 Å². The van der Waals surface area contributed by atoms with Crippen LogP contribution in [0.5, 0.6) is 0 Å². The van der Waals surface area contributed by atoms with E-state index in [1.807, 2.05) is 11.1 Å². The van der Waals surface area contributed by atoms with Crippen molar-refractivity contribution in [3.8, 4) is 0 Å². The molecule has 4 aliphatic rings. The largest absolute Gasteiger partial charge is 0.393 e.